The van der Waals surface area contributed by atoms with Crippen LogP contribution in [0.25, 0.3) is 0 Å². The second kappa shape index (κ2) is 6.29. The molecule has 1 aromatic carbocycles. The molecule has 0 aliphatic heterocycles. The molecule has 0 saturated carbocycles. The van der Waals surface area contributed by atoms with Crippen LogP contribution in [0.3, 0.4) is 0 Å². The molecule has 3 nitrogen and oxygen atoms in total. The molecule has 0 aliphatic rings. The Hall–Kier alpha value is -1.94. The topological polar surface area (TPSA) is 42.1 Å². The minimum absolute atomic E-state index is 0.317. The smallest absolute Gasteiger partial charge is 0.141 e. The number of benzene rings is 1. The van der Waals surface area contributed by atoms with Gasteiger partial charge in [0.2, 0.25) is 0 Å². The van der Waals surface area contributed by atoms with Crippen molar-refractivity contribution in [3.63, 3.8) is 0 Å². The van der Waals surface area contributed by atoms with Gasteiger partial charge < -0.3 is 10.6 Å². The number of hydrogen-bond donors (Lipinski definition) is 1. The number of nitrogens with two attached hydrogens (primary N) is 1. The van der Waals surface area contributed by atoms with Gasteiger partial charge in [-0.2, -0.15) is 0 Å². The zero-order valence-corrected chi connectivity index (χ0v) is 11.0. The lowest BCUT2D eigenvalue weighted by Crippen LogP contribution is -2.24. The summed E-state index contributed by atoms with van der Waals surface area (Å²) in [5.74, 6) is 0.456. The van der Waals surface area contributed by atoms with Crippen LogP contribution >= 0.6 is 0 Å². The van der Waals surface area contributed by atoms with E-state index >= 15 is 0 Å². The van der Waals surface area contributed by atoms with Gasteiger partial charge in [0.15, 0.2) is 0 Å². The Morgan fingerprint density at radius 3 is 2.47 bits per heavy atom. The summed E-state index contributed by atoms with van der Waals surface area (Å²) >= 11 is 0. The number of pyridine rings is 1. The first kappa shape index (κ1) is 13.5. The van der Waals surface area contributed by atoms with Gasteiger partial charge in [-0.3, -0.25) is 0 Å². The molecule has 1 aromatic heterocycles. The van der Waals surface area contributed by atoms with Gasteiger partial charge in [-0.25, -0.2) is 9.37 Å². The number of anilines is 1. The quantitative estimate of drug-likeness (QED) is 0.897. The minimum Gasteiger partial charge on any atom is -0.353 e. The summed E-state index contributed by atoms with van der Waals surface area (Å²) in [5.41, 5.74) is 8.05. The van der Waals surface area contributed by atoms with Gasteiger partial charge in [0.05, 0.1) is 6.20 Å². The zero-order chi connectivity index (χ0) is 13.7. The van der Waals surface area contributed by atoms with E-state index in [1.807, 2.05) is 18.2 Å². The lowest BCUT2D eigenvalue weighted by Gasteiger charge is -2.23. The summed E-state index contributed by atoms with van der Waals surface area (Å²) < 4.78 is 12.9. The molecule has 0 saturated heterocycles. The van der Waals surface area contributed by atoms with Gasteiger partial charge in [0.1, 0.15) is 11.6 Å². The van der Waals surface area contributed by atoms with Crippen molar-refractivity contribution in [1.29, 1.82) is 0 Å². The van der Waals surface area contributed by atoms with Crippen LogP contribution in [0.1, 0.15) is 18.1 Å². The first-order valence-corrected chi connectivity index (χ1v) is 6.38. The highest BCUT2D eigenvalue weighted by molar-refractivity contribution is 5.40. The van der Waals surface area contributed by atoms with Crippen molar-refractivity contribution >= 4 is 5.82 Å². The molecule has 0 fully saturated rings. The normalized spacial score (nSPS) is 10.5. The second-order valence-electron chi connectivity index (χ2n) is 4.32. The molecule has 0 amide bonds. The molecule has 0 atom stereocenters. The summed E-state index contributed by atoms with van der Waals surface area (Å²) in [4.78, 5) is 6.21. The maximum Gasteiger partial charge on any atom is 0.141 e. The van der Waals surface area contributed by atoms with Gasteiger partial charge in [0.25, 0.3) is 0 Å². The third-order valence-electron chi connectivity index (χ3n) is 3.12. The summed E-state index contributed by atoms with van der Waals surface area (Å²) in [6, 6.07) is 11.2. The molecule has 2 N–H and O–H groups in total. The van der Waals surface area contributed by atoms with Crippen LogP contribution < -0.4 is 10.6 Å². The summed E-state index contributed by atoms with van der Waals surface area (Å²) in [7, 11) is 0. The van der Waals surface area contributed by atoms with E-state index in [0.29, 0.717) is 6.54 Å². The molecule has 1 heterocycles. The van der Waals surface area contributed by atoms with E-state index in [2.05, 4.69) is 22.9 Å². The van der Waals surface area contributed by atoms with Crippen molar-refractivity contribution in [3.05, 3.63) is 59.5 Å². The lowest BCUT2D eigenvalue weighted by molar-refractivity contribution is 0.620. The van der Waals surface area contributed by atoms with E-state index in [-0.39, 0.29) is 5.82 Å². The first-order valence-electron chi connectivity index (χ1n) is 6.38. The van der Waals surface area contributed by atoms with Crippen molar-refractivity contribution < 1.29 is 4.39 Å². The monoisotopic (exact) mass is 259 g/mol. The van der Waals surface area contributed by atoms with Gasteiger partial charge in [-0.05, 0) is 30.2 Å². The van der Waals surface area contributed by atoms with E-state index in [9.17, 15) is 4.39 Å². The van der Waals surface area contributed by atoms with Crippen LogP contribution in [0, 0.1) is 5.82 Å². The maximum absolute atomic E-state index is 12.9. The fourth-order valence-electron chi connectivity index (χ4n) is 2.03. The van der Waals surface area contributed by atoms with Crippen molar-refractivity contribution in [2.75, 3.05) is 11.4 Å². The second-order valence-corrected chi connectivity index (χ2v) is 4.32. The van der Waals surface area contributed by atoms with Crippen LogP contribution in [0.5, 0.6) is 0 Å². The number of hydrogen-bond acceptors (Lipinski definition) is 3. The summed E-state index contributed by atoms with van der Waals surface area (Å²) in [6.45, 7) is 4.10. The molecule has 100 valence electrons. The Labute approximate surface area is 112 Å². The molecule has 0 bridgehead atoms. The van der Waals surface area contributed by atoms with Crippen molar-refractivity contribution in [2.24, 2.45) is 5.73 Å². The van der Waals surface area contributed by atoms with Gasteiger partial charge in [-0.1, -0.05) is 24.3 Å². The third-order valence-corrected chi connectivity index (χ3v) is 3.12. The van der Waals surface area contributed by atoms with Crippen LogP contribution in [0.15, 0.2) is 42.6 Å². The molecule has 2 rings (SSSR count). The zero-order valence-electron chi connectivity index (χ0n) is 11.0. The van der Waals surface area contributed by atoms with Crippen molar-refractivity contribution in [2.45, 2.75) is 20.0 Å². The Bertz CT molecular complexity index is 525. The largest absolute Gasteiger partial charge is 0.353 e. The van der Waals surface area contributed by atoms with Crippen LogP contribution in [0.4, 0.5) is 10.2 Å². The lowest BCUT2D eigenvalue weighted by atomic mass is 10.1. The molecule has 0 radical (unpaired) electrons. The van der Waals surface area contributed by atoms with E-state index in [4.69, 9.17) is 5.73 Å². The van der Waals surface area contributed by atoms with Crippen molar-refractivity contribution in [1.82, 2.24) is 4.98 Å². The highest BCUT2D eigenvalue weighted by atomic mass is 19.1. The SMILES string of the molecule is CCN(Cc1ccccc1CN)c1ccc(F)cn1. The highest BCUT2D eigenvalue weighted by Gasteiger charge is 2.09. The predicted molar refractivity (Wildman–Crippen MR) is 75.3 cm³/mol. The van der Waals surface area contributed by atoms with E-state index in [0.717, 1.165) is 24.5 Å². The minimum atomic E-state index is -0.317. The molecule has 2 aromatic rings. The Kier molecular flexibility index (Phi) is 4.47. The Morgan fingerprint density at radius 1 is 1.16 bits per heavy atom. The van der Waals surface area contributed by atoms with Gasteiger partial charge in [-0.15, -0.1) is 0 Å². The van der Waals surface area contributed by atoms with Crippen molar-refractivity contribution in [3.8, 4) is 0 Å². The number of nitrogens with zero attached hydrogens (tertiary/aromatic N) is 2. The fourth-order valence-corrected chi connectivity index (χ4v) is 2.03. The number of rotatable bonds is 5. The van der Waals surface area contributed by atoms with Crippen LogP contribution in [-0.4, -0.2) is 11.5 Å². The Morgan fingerprint density at radius 2 is 1.89 bits per heavy atom. The average molecular weight is 259 g/mol. The van der Waals surface area contributed by atoms with Crippen LogP contribution in [-0.2, 0) is 13.1 Å². The molecule has 4 heteroatoms. The van der Waals surface area contributed by atoms with E-state index in [1.54, 1.807) is 6.07 Å². The van der Waals surface area contributed by atoms with Gasteiger partial charge >= 0.3 is 0 Å². The molecule has 0 spiro atoms. The molecular formula is C15H18FN3. The van der Waals surface area contributed by atoms with Gasteiger partial charge in [0, 0.05) is 19.6 Å². The standard InChI is InChI=1S/C15H18FN3/c1-2-19(15-8-7-14(16)10-18-15)11-13-6-4-3-5-12(13)9-17/h3-8,10H,2,9,11,17H2,1H3. The Balaban J connectivity index is 2.21. The molecule has 0 aliphatic carbocycles. The van der Waals surface area contributed by atoms with E-state index in [1.165, 1.54) is 17.8 Å². The fraction of sp³-hybridized carbons (Fsp3) is 0.267. The number of halogens is 1. The average Bonchev–Trinajstić information content (AvgIpc) is 2.46. The highest BCUT2D eigenvalue weighted by Crippen LogP contribution is 2.17. The molecule has 0 unspecified atom stereocenters. The predicted octanol–water partition coefficient (Wildman–Crippen LogP) is 2.71. The summed E-state index contributed by atoms with van der Waals surface area (Å²) in [6.07, 6.45) is 1.24. The summed E-state index contributed by atoms with van der Waals surface area (Å²) in [5, 5.41) is 0. The maximum atomic E-state index is 12.9. The third kappa shape index (κ3) is 3.29. The van der Waals surface area contributed by atoms with Crippen LogP contribution in [0.2, 0.25) is 0 Å². The number of aromatic nitrogens is 1. The molecular weight excluding hydrogens is 241 g/mol. The first-order chi connectivity index (χ1) is 9.24. The van der Waals surface area contributed by atoms with E-state index < -0.39 is 0 Å². The molecule has 19 heavy (non-hydrogen) atoms.